The number of carbonyl (C=O) groups excluding carboxylic acids is 1. The number of pyridine rings is 1. The van der Waals surface area contributed by atoms with E-state index in [0.29, 0.717) is 15.4 Å². The number of hydrogen-bond acceptors (Lipinski definition) is 5. The Balaban J connectivity index is 1.58. The second-order valence-electron chi connectivity index (χ2n) is 7.98. The van der Waals surface area contributed by atoms with Crippen molar-refractivity contribution in [3.63, 3.8) is 0 Å². The van der Waals surface area contributed by atoms with E-state index in [1.54, 1.807) is 19.2 Å². The summed E-state index contributed by atoms with van der Waals surface area (Å²) in [5, 5.41) is 3.62. The van der Waals surface area contributed by atoms with Crippen molar-refractivity contribution < 1.29 is 13.9 Å². The first-order valence-electron chi connectivity index (χ1n) is 11.0. The van der Waals surface area contributed by atoms with E-state index in [4.69, 9.17) is 15.5 Å². The lowest BCUT2D eigenvalue weighted by atomic mass is 9.99. The van der Waals surface area contributed by atoms with E-state index in [-0.39, 0.29) is 18.3 Å². The predicted octanol–water partition coefficient (Wildman–Crippen LogP) is 6.29. The molecule has 0 aliphatic rings. The zero-order chi connectivity index (χ0) is 24.4. The molecule has 0 bridgehead atoms. The van der Waals surface area contributed by atoms with Crippen molar-refractivity contribution in [3.8, 4) is 28.1 Å². The van der Waals surface area contributed by atoms with Crippen molar-refractivity contribution in [1.82, 2.24) is 10.3 Å². The SMILES string of the molecule is COc1ccc(-c2cc(-c3ccccc3)nc3sc(C(=O)NCc4ccc(F)cc4)c(N)c23)cc1. The summed E-state index contributed by atoms with van der Waals surface area (Å²) in [6, 6.07) is 25.6. The van der Waals surface area contributed by atoms with Gasteiger partial charge < -0.3 is 15.8 Å². The molecule has 174 valence electrons. The number of methoxy groups -OCH3 is 1. The summed E-state index contributed by atoms with van der Waals surface area (Å²) in [5.41, 5.74) is 11.3. The summed E-state index contributed by atoms with van der Waals surface area (Å²) in [7, 11) is 1.63. The predicted molar refractivity (Wildman–Crippen MR) is 139 cm³/mol. The van der Waals surface area contributed by atoms with Gasteiger partial charge in [0.05, 0.1) is 18.5 Å². The third kappa shape index (κ3) is 4.58. The van der Waals surface area contributed by atoms with Gasteiger partial charge in [-0.3, -0.25) is 4.79 Å². The quantitative estimate of drug-likeness (QED) is 0.298. The molecule has 3 N–H and O–H groups in total. The second kappa shape index (κ2) is 9.56. The molecule has 0 saturated heterocycles. The van der Waals surface area contributed by atoms with Crippen LogP contribution in [0.15, 0.2) is 84.9 Å². The molecule has 0 aliphatic carbocycles. The zero-order valence-corrected chi connectivity index (χ0v) is 19.7. The molecule has 5 aromatic rings. The molecule has 2 aromatic heterocycles. The van der Waals surface area contributed by atoms with E-state index in [1.165, 1.54) is 23.5 Å². The molecule has 0 unspecified atom stereocenters. The van der Waals surface area contributed by atoms with Gasteiger partial charge >= 0.3 is 0 Å². The minimum Gasteiger partial charge on any atom is -0.497 e. The van der Waals surface area contributed by atoms with E-state index in [0.717, 1.165) is 39.1 Å². The van der Waals surface area contributed by atoms with Gasteiger partial charge in [-0.2, -0.15) is 0 Å². The smallest absolute Gasteiger partial charge is 0.263 e. The summed E-state index contributed by atoms with van der Waals surface area (Å²) in [6.07, 6.45) is 0. The first-order valence-corrected chi connectivity index (χ1v) is 11.8. The highest BCUT2D eigenvalue weighted by Crippen LogP contribution is 2.41. The van der Waals surface area contributed by atoms with Gasteiger partial charge in [0.15, 0.2) is 0 Å². The lowest BCUT2D eigenvalue weighted by Crippen LogP contribution is -2.22. The van der Waals surface area contributed by atoms with Crippen LogP contribution in [0.4, 0.5) is 10.1 Å². The van der Waals surface area contributed by atoms with Crippen LogP contribution in [0.3, 0.4) is 0 Å². The largest absolute Gasteiger partial charge is 0.497 e. The van der Waals surface area contributed by atoms with Crippen molar-refractivity contribution in [1.29, 1.82) is 0 Å². The highest BCUT2D eigenvalue weighted by atomic mass is 32.1. The fourth-order valence-corrected chi connectivity index (χ4v) is 4.95. The van der Waals surface area contributed by atoms with Gasteiger partial charge in [0.25, 0.3) is 5.91 Å². The van der Waals surface area contributed by atoms with Crippen molar-refractivity contribution in [2.24, 2.45) is 0 Å². The number of thiophene rings is 1. The number of halogens is 1. The Labute approximate surface area is 206 Å². The summed E-state index contributed by atoms with van der Waals surface area (Å²) in [4.78, 5) is 19.0. The number of nitrogens with zero attached hydrogens (tertiary/aromatic N) is 1. The Kier molecular flexibility index (Phi) is 6.16. The number of fused-ring (bicyclic) bond motifs is 1. The first-order chi connectivity index (χ1) is 17.0. The van der Waals surface area contributed by atoms with Crippen LogP contribution in [-0.2, 0) is 6.54 Å². The molecular formula is C28H22FN3O2S. The number of carbonyl (C=O) groups is 1. The van der Waals surface area contributed by atoms with Crippen molar-refractivity contribution >= 4 is 33.1 Å². The van der Waals surface area contributed by atoms with E-state index < -0.39 is 0 Å². The Hall–Kier alpha value is -4.23. The van der Waals surface area contributed by atoms with Gasteiger partial charge in [0.1, 0.15) is 21.3 Å². The molecule has 5 rings (SSSR count). The third-order valence-corrected chi connectivity index (χ3v) is 6.84. The Bertz CT molecular complexity index is 1500. The molecule has 35 heavy (non-hydrogen) atoms. The van der Waals surface area contributed by atoms with Gasteiger partial charge in [0.2, 0.25) is 0 Å². The molecule has 3 aromatic carbocycles. The highest BCUT2D eigenvalue weighted by Gasteiger charge is 2.21. The average molecular weight is 484 g/mol. The van der Waals surface area contributed by atoms with Gasteiger partial charge in [-0.15, -0.1) is 11.3 Å². The van der Waals surface area contributed by atoms with Crippen molar-refractivity contribution in [2.75, 3.05) is 12.8 Å². The van der Waals surface area contributed by atoms with Crippen LogP contribution in [-0.4, -0.2) is 18.0 Å². The Morgan fingerprint density at radius 1 is 1.00 bits per heavy atom. The van der Waals surface area contributed by atoms with E-state index >= 15 is 0 Å². The standard InChI is InChI=1S/C28H22FN3O2S/c1-34-21-13-9-18(10-14-21)22-15-23(19-5-3-2-4-6-19)32-28-24(22)25(30)26(35-28)27(33)31-16-17-7-11-20(29)12-8-17/h2-15H,16,30H2,1H3,(H,31,33). The minimum atomic E-state index is -0.319. The molecule has 0 aliphatic heterocycles. The molecule has 7 heteroatoms. The van der Waals surface area contributed by atoms with Crippen LogP contribution in [0.2, 0.25) is 0 Å². The van der Waals surface area contributed by atoms with Crippen LogP contribution in [0.1, 0.15) is 15.2 Å². The number of ether oxygens (including phenoxy) is 1. The molecule has 0 fully saturated rings. The number of amides is 1. The molecule has 5 nitrogen and oxygen atoms in total. The molecule has 0 radical (unpaired) electrons. The van der Waals surface area contributed by atoms with Gasteiger partial charge in [-0.25, -0.2) is 9.37 Å². The van der Waals surface area contributed by atoms with Gasteiger partial charge in [-0.1, -0.05) is 54.6 Å². The molecule has 0 saturated carbocycles. The number of aromatic nitrogens is 1. The number of benzene rings is 3. The topological polar surface area (TPSA) is 77.2 Å². The summed E-state index contributed by atoms with van der Waals surface area (Å²) < 4.78 is 18.5. The number of rotatable bonds is 6. The summed E-state index contributed by atoms with van der Waals surface area (Å²) in [5.74, 6) is 0.137. The van der Waals surface area contributed by atoms with Crippen LogP contribution >= 0.6 is 11.3 Å². The van der Waals surface area contributed by atoms with Crippen molar-refractivity contribution in [3.05, 3.63) is 101 Å². The maximum atomic E-state index is 13.2. The number of nitrogen functional groups attached to an aromatic ring is 1. The molecule has 0 atom stereocenters. The maximum Gasteiger partial charge on any atom is 0.263 e. The van der Waals surface area contributed by atoms with Crippen molar-refractivity contribution in [2.45, 2.75) is 6.54 Å². The lowest BCUT2D eigenvalue weighted by molar-refractivity contribution is 0.0956. The number of nitrogens with two attached hydrogens (primary N) is 1. The monoisotopic (exact) mass is 483 g/mol. The lowest BCUT2D eigenvalue weighted by Gasteiger charge is -2.10. The van der Waals surface area contributed by atoms with E-state index in [1.807, 2.05) is 60.7 Å². The number of hydrogen-bond donors (Lipinski definition) is 2. The average Bonchev–Trinajstić information content (AvgIpc) is 3.24. The van der Waals surface area contributed by atoms with E-state index in [2.05, 4.69) is 5.32 Å². The third-order valence-electron chi connectivity index (χ3n) is 5.74. The highest BCUT2D eigenvalue weighted by molar-refractivity contribution is 7.21. The van der Waals surface area contributed by atoms with Gasteiger partial charge in [0, 0.05) is 17.5 Å². The van der Waals surface area contributed by atoms with Crippen LogP contribution in [0.25, 0.3) is 32.6 Å². The minimum absolute atomic E-state index is 0.265. The fourth-order valence-electron chi connectivity index (χ4n) is 3.91. The molecule has 0 spiro atoms. The fraction of sp³-hybridized carbons (Fsp3) is 0.0714. The molecule has 2 heterocycles. The molecular weight excluding hydrogens is 461 g/mol. The number of nitrogens with one attached hydrogen (secondary N) is 1. The van der Waals surface area contributed by atoms with Crippen LogP contribution < -0.4 is 15.8 Å². The normalized spacial score (nSPS) is 10.9. The number of anilines is 1. The summed E-state index contributed by atoms with van der Waals surface area (Å²) >= 11 is 1.26. The second-order valence-corrected chi connectivity index (χ2v) is 8.98. The zero-order valence-electron chi connectivity index (χ0n) is 18.9. The Morgan fingerprint density at radius 2 is 1.71 bits per heavy atom. The summed E-state index contributed by atoms with van der Waals surface area (Å²) in [6.45, 7) is 0.265. The maximum absolute atomic E-state index is 13.2. The first kappa shape index (κ1) is 22.6. The van der Waals surface area contributed by atoms with E-state index in [9.17, 15) is 9.18 Å². The molecule has 1 amide bonds. The van der Waals surface area contributed by atoms with Gasteiger partial charge in [-0.05, 0) is 47.0 Å². The van der Waals surface area contributed by atoms with Crippen LogP contribution in [0.5, 0.6) is 5.75 Å². The van der Waals surface area contributed by atoms with Crippen LogP contribution in [0, 0.1) is 5.82 Å². The Morgan fingerprint density at radius 3 is 2.40 bits per heavy atom.